The van der Waals surface area contributed by atoms with Gasteiger partial charge in [0, 0.05) is 6.08 Å². The third kappa shape index (κ3) is 4.20. The number of thiophene rings is 1. The highest BCUT2D eigenvalue weighted by molar-refractivity contribution is 7.12. The Bertz CT molecular complexity index is 745. The molecular weight excluding hydrogens is 316 g/mol. The van der Waals surface area contributed by atoms with Crippen LogP contribution in [0, 0.1) is 6.92 Å². The van der Waals surface area contributed by atoms with Gasteiger partial charge in [0.25, 0.3) is 0 Å². The summed E-state index contributed by atoms with van der Waals surface area (Å²) in [4.78, 5) is 23.8. The number of hydrogen-bond donors (Lipinski definition) is 0. The molecule has 0 spiro atoms. The molecule has 0 amide bonds. The van der Waals surface area contributed by atoms with Crippen LogP contribution in [0.15, 0.2) is 35.7 Å². The van der Waals surface area contributed by atoms with Gasteiger partial charge in [0.15, 0.2) is 11.5 Å². The fraction of sp³-hybridized carbons (Fsp3) is 0.176. The summed E-state index contributed by atoms with van der Waals surface area (Å²) in [5.41, 5.74) is 1.59. The fourth-order valence-corrected chi connectivity index (χ4v) is 2.63. The molecule has 5 nitrogen and oxygen atoms in total. The lowest BCUT2D eigenvalue weighted by Crippen LogP contribution is -2.08. The maximum atomic E-state index is 12.2. The van der Waals surface area contributed by atoms with Crippen molar-refractivity contribution in [1.29, 1.82) is 0 Å². The Hall–Kier alpha value is -2.60. The molecule has 120 valence electrons. The third-order valence-electron chi connectivity index (χ3n) is 3.05. The van der Waals surface area contributed by atoms with Crippen molar-refractivity contribution in [2.24, 2.45) is 0 Å². The molecule has 0 saturated heterocycles. The number of benzene rings is 1. The smallest absolute Gasteiger partial charge is 0.354 e. The molecular formula is C17H16O5S. The Morgan fingerprint density at radius 3 is 2.52 bits per heavy atom. The second-order valence-corrected chi connectivity index (χ2v) is 5.51. The Morgan fingerprint density at radius 1 is 1.13 bits per heavy atom. The van der Waals surface area contributed by atoms with E-state index in [1.807, 2.05) is 18.4 Å². The maximum Gasteiger partial charge on any atom is 0.354 e. The van der Waals surface area contributed by atoms with E-state index in [4.69, 9.17) is 9.47 Å². The number of esters is 2. The van der Waals surface area contributed by atoms with E-state index in [1.54, 1.807) is 24.3 Å². The lowest BCUT2D eigenvalue weighted by molar-refractivity contribution is -0.134. The summed E-state index contributed by atoms with van der Waals surface area (Å²) in [5.74, 6) is -0.151. The zero-order valence-electron chi connectivity index (χ0n) is 13.0. The van der Waals surface area contributed by atoms with Crippen LogP contribution in [-0.4, -0.2) is 26.2 Å². The number of carbonyl (C=O) groups is 2. The van der Waals surface area contributed by atoms with E-state index in [-0.39, 0.29) is 0 Å². The summed E-state index contributed by atoms with van der Waals surface area (Å²) < 4.78 is 15.2. The molecule has 0 saturated carbocycles. The van der Waals surface area contributed by atoms with Gasteiger partial charge < -0.3 is 14.2 Å². The summed E-state index contributed by atoms with van der Waals surface area (Å²) >= 11 is 1.33. The molecule has 0 unspecified atom stereocenters. The standard InChI is InChI=1S/C17H16O5S/c1-11-8-9-23-16(11)17(19)22-13-6-4-12(10-14(13)20-2)5-7-15(18)21-3/h4-10H,1-3H3/b7-5+. The summed E-state index contributed by atoms with van der Waals surface area (Å²) in [5, 5.41) is 1.84. The van der Waals surface area contributed by atoms with Crippen LogP contribution in [0.25, 0.3) is 6.08 Å². The Kier molecular flexibility index (Phi) is 5.54. The average Bonchev–Trinajstić information content (AvgIpc) is 2.99. The highest BCUT2D eigenvalue weighted by Crippen LogP contribution is 2.30. The van der Waals surface area contributed by atoms with E-state index in [2.05, 4.69) is 4.74 Å². The zero-order chi connectivity index (χ0) is 16.8. The van der Waals surface area contributed by atoms with Crippen LogP contribution < -0.4 is 9.47 Å². The first-order chi connectivity index (χ1) is 11.0. The number of aryl methyl sites for hydroxylation is 1. The largest absolute Gasteiger partial charge is 0.493 e. The molecule has 6 heteroatoms. The molecule has 0 fully saturated rings. The van der Waals surface area contributed by atoms with Gasteiger partial charge in [-0.05, 0) is 47.7 Å². The maximum absolute atomic E-state index is 12.2. The normalized spacial score (nSPS) is 10.6. The average molecular weight is 332 g/mol. The Morgan fingerprint density at radius 2 is 1.91 bits per heavy atom. The second-order valence-electron chi connectivity index (χ2n) is 4.59. The topological polar surface area (TPSA) is 61.8 Å². The van der Waals surface area contributed by atoms with Gasteiger partial charge in [-0.1, -0.05) is 6.07 Å². The van der Waals surface area contributed by atoms with Gasteiger partial charge in [0.1, 0.15) is 4.88 Å². The van der Waals surface area contributed by atoms with Gasteiger partial charge in [0.2, 0.25) is 0 Å². The first-order valence-electron chi connectivity index (χ1n) is 6.75. The van der Waals surface area contributed by atoms with Gasteiger partial charge in [-0.2, -0.15) is 0 Å². The van der Waals surface area contributed by atoms with Gasteiger partial charge in [-0.3, -0.25) is 0 Å². The minimum absolute atomic E-state index is 0.320. The van der Waals surface area contributed by atoms with Gasteiger partial charge in [-0.25, -0.2) is 9.59 Å². The van der Waals surface area contributed by atoms with Crippen LogP contribution in [0.4, 0.5) is 0 Å². The molecule has 0 atom stereocenters. The Balaban J connectivity index is 2.20. The predicted molar refractivity (Wildman–Crippen MR) is 88.1 cm³/mol. The molecule has 2 aromatic rings. The van der Waals surface area contributed by atoms with E-state index < -0.39 is 11.9 Å². The summed E-state index contributed by atoms with van der Waals surface area (Å²) in [6, 6.07) is 6.87. The molecule has 0 bridgehead atoms. The van der Waals surface area contributed by atoms with Crippen LogP contribution in [0.5, 0.6) is 11.5 Å². The van der Waals surface area contributed by atoms with Gasteiger partial charge >= 0.3 is 11.9 Å². The van der Waals surface area contributed by atoms with Crippen molar-refractivity contribution in [3.05, 3.63) is 51.7 Å². The molecule has 0 radical (unpaired) electrons. The third-order valence-corrected chi connectivity index (χ3v) is 4.05. The van der Waals surface area contributed by atoms with Crippen molar-refractivity contribution in [3.63, 3.8) is 0 Å². The Labute approximate surface area is 138 Å². The van der Waals surface area contributed by atoms with E-state index >= 15 is 0 Å². The van der Waals surface area contributed by atoms with Gasteiger partial charge in [-0.15, -0.1) is 11.3 Å². The first-order valence-corrected chi connectivity index (χ1v) is 7.63. The number of ether oxygens (including phenoxy) is 3. The minimum Gasteiger partial charge on any atom is -0.493 e. The van der Waals surface area contributed by atoms with E-state index in [1.165, 1.54) is 31.6 Å². The number of carbonyl (C=O) groups excluding carboxylic acids is 2. The molecule has 1 aromatic carbocycles. The number of hydrogen-bond acceptors (Lipinski definition) is 6. The van der Waals surface area contributed by atoms with Gasteiger partial charge in [0.05, 0.1) is 14.2 Å². The monoisotopic (exact) mass is 332 g/mol. The van der Waals surface area contributed by atoms with Crippen molar-refractivity contribution in [1.82, 2.24) is 0 Å². The molecule has 1 aromatic heterocycles. The number of methoxy groups -OCH3 is 2. The SMILES string of the molecule is COC(=O)/C=C/c1ccc(OC(=O)c2sccc2C)c(OC)c1. The number of rotatable bonds is 5. The fourth-order valence-electron chi connectivity index (χ4n) is 1.83. The highest BCUT2D eigenvalue weighted by Gasteiger charge is 2.15. The summed E-state index contributed by atoms with van der Waals surface area (Å²) in [6.45, 7) is 1.85. The predicted octanol–water partition coefficient (Wildman–Crippen LogP) is 3.47. The van der Waals surface area contributed by atoms with Crippen LogP contribution in [0.3, 0.4) is 0 Å². The van der Waals surface area contributed by atoms with Crippen LogP contribution >= 0.6 is 11.3 Å². The van der Waals surface area contributed by atoms with Crippen molar-refractivity contribution >= 4 is 29.4 Å². The molecule has 2 rings (SSSR count). The van der Waals surface area contributed by atoms with Crippen LogP contribution in [0.1, 0.15) is 20.8 Å². The molecule has 0 aliphatic rings. The quantitative estimate of drug-likeness (QED) is 0.477. The minimum atomic E-state index is -0.451. The summed E-state index contributed by atoms with van der Waals surface area (Å²) in [7, 11) is 2.79. The van der Waals surface area contributed by atoms with Crippen molar-refractivity contribution in [2.75, 3.05) is 14.2 Å². The lowest BCUT2D eigenvalue weighted by atomic mass is 10.2. The molecule has 0 N–H and O–H groups in total. The van der Waals surface area contributed by atoms with Crippen LogP contribution in [-0.2, 0) is 9.53 Å². The molecule has 1 heterocycles. The van der Waals surface area contributed by atoms with Crippen molar-refractivity contribution in [2.45, 2.75) is 6.92 Å². The van der Waals surface area contributed by atoms with E-state index in [9.17, 15) is 9.59 Å². The summed E-state index contributed by atoms with van der Waals surface area (Å²) in [6.07, 6.45) is 2.89. The molecule has 0 aliphatic heterocycles. The molecule has 0 aliphatic carbocycles. The van der Waals surface area contributed by atoms with Crippen molar-refractivity contribution in [3.8, 4) is 11.5 Å². The van der Waals surface area contributed by atoms with E-state index in [0.29, 0.717) is 16.4 Å². The molecule has 23 heavy (non-hydrogen) atoms. The van der Waals surface area contributed by atoms with E-state index in [0.717, 1.165) is 11.1 Å². The van der Waals surface area contributed by atoms with Crippen LogP contribution in [0.2, 0.25) is 0 Å². The zero-order valence-corrected chi connectivity index (χ0v) is 13.8. The lowest BCUT2D eigenvalue weighted by Gasteiger charge is -2.09. The second kappa shape index (κ2) is 7.60. The first kappa shape index (κ1) is 16.8. The highest BCUT2D eigenvalue weighted by atomic mass is 32.1. The van der Waals surface area contributed by atoms with Crippen molar-refractivity contribution < 1.29 is 23.8 Å².